The first kappa shape index (κ1) is 12.0. The Hall–Kier alpha value is -1.09. The van der Waals surface area contributed by atoms with E-state index in [1.165, 1.54) is 12.1 Å². The molecule has 1 rings (SSSR count). The molecule has 0 saturated heterocycles. The van der Waals surface area contributed by atoms with Crippen LogP contribution in [0.3, 0.4) is 0 Å². The van der Waals surface area contributed by atoms with Gasteiger partial charge in [-0.2, -0.15) is 0 Å². The van der Waals surface area contributed by atoms with Crippen LogP contribution in [0.5, 0.6) is 0 Å². The molecular weight excluding hydrogens is 191 g/mol. The fraction of sp³-hybridized carbons (Fsp3) is 0.500. The maximum absolute atomic E-state index is 12.7. The van der Waals surface area contributed by atoms with E-state index in [9.17, 15) is 4.39 Å². The van der Waals surface area contributed by atoms with E-state index in [2.05, 4.69) is 11.8 Å². The molecule has 15 heavy (non-hydrogen) atoms. The average Bonchev–Trinajstić information content (AvgIpc) is 2.14. The number of halogens is 1. The van der Waals surface area contributed by atoms with Gasteiger partial charge in [-0.15, -0.1) is 0 Å². The molecule has 0 fully saturated rings. The summed E-state index contributed by atoms with van der Waals surface area (Å²) in [6, 6.07) is 6.51. The van der Waals surface area contributed by atoms with E-state index in [1.807, 2.05) is 13.8 Å². The molecule has 0 aliphatic rings. The number of anilines is 1. The highest BCUT2D eigenvalue weighted by Crippen LogP contribution is 2.16. The number of hydrogen-bond acceptors (Lipinski definition) is 2. The summed E-state index contributed by atoms with van der Waals surface area (Å²) >= 11 is 0. The molecule has 2 N–H and O–H groups in total. The van der Waals surface area contributed by atoms with E-state index < -0.39 is 0 Å². The van der Waals surface area contributed by atoms with Crippen molar-refractivity contribution in [3.05, 3.63) is 30.1 Å². The van der Waals surface area contributed by atoms with Gasteiger partial charge >= 0.3 is 0 Å². The third kappa shape index (κ3) is 3.88. The lowest BCUT2D eigenvalue weighted by Gasteiger charge is -2.30. The maximum Gasteiger partial charge on any atom is 0.123 e. The lowest BCUT2D eigenvalue weighted by Crippen LogP contribution is -2.45. The number of hydrogen-bond donors (Lipinski definition) is 1. The summed E-state index contributed by atoms with van der Waals surface area (Å²) in [6.07, 6.45) is 0. The van der Waals surface area contributed by atoms with E-state index in [1.54, 1.807) is 12.1 Å². The van der Waals surface area contributed by atoms with Crippen molar-refractivity contribution in [2.75, 3.05) is 18.0 Å². The van der Waals surface area contributed by atoms with Crippen LogP contribution in [0.25, 0.3) is 0 Å². The van der Waals surface area contributed by atoms with Crippen LogP contribution in [-0.4, -0.2) is 18.6 Å². The SMILES string of the molecule is CCN(CC(C)(C)N)c1ccc(F)cc1. The van der Waals surface area contributed by atoms with Gasteiger partial charge < -0.3 is 10.6 Å². The zero-order chi connectivity index (χ0) is 11.5. The number of benzene rings is 1. The minimum atomic E-state index is -0.246. The van der Waals surface area contributed by atoms with Crippen molar-refractivity contribution < 1.29 is 4.39 Å². The first-order chi connectivity index (χ1) is 6.92. The van der Waals surface area contributed by atoms with Crippen molar-refractivity contribution in [2.24, 2.45) is 5.73 Å². The largest absolute Gasteiger partial charge is 0.370 e. The molecule has 0 radical (unpaired) electrons. The van der Waals surface area contributed by atoms with Gasteiger partial charge in [-0.25, -0.2) is 4.39 Å². The maximum atomic E-state index is 12.7. The Bertz CT molecular complexity index is 300. The molecule has 0 aliphatic heterocycles. The zero-order valence-corrected chi connectivity index (χ0v) is 9.63. The van der Waals surface area contributed by atoms with Crippen molar-refractivity contribution in [2.45, 2.75) is 26.3 Å². The van der Waals surface area contributed by atoms with Crippen molar-refractivity contribution >= 4 is 5.69 Å². The molecule has 2 nitrogen and oxygen atoms in total. The minimum absolute atomic E-state index is 0.207. The zero-order valence-electron chi connectivity index (χ0n) is 9.63. The van der Waals surface area contributed by atoms with Gasteiger partial charge in [0.25, 0.3) is 0 Å². The van der Waals surface area contributed by atoms with Gasteiger partial charge in [-0.1, -0.05) is 0 Å². The number of likely N-dealkylation sites (N-methyl/N-ethyl adjacent to an activating group) is 1. The molecule has 84 valence electrons. The predicted molar refractivity (Wildman–Crippen MR) is 62.6 cm³/mol. The summed E-state index contributed by atoms with van der Waals surface area (Å²) in [6.45, 7) is 7.66. The van der Waals surface area contributed by atoms with Gasteiger partial charge in [-0.3, -0.25) is 0 Å². The van der Waals surface area contributed by atoms with Crippen LogP contribution in [0.15, 0.2) is 24.3 Å². The van der Waals surface area contributed by atoms with Crippen LogP contribution in [-0.2, 0) is 0 Å². The summed E-state index contributed by atoms with van der Waals surface area (Å²) in [7, 11) is 0. The van der Waals surface area contributed by atoms with Gasteiger partial charge in [0, 0.05) is 24.3 Å². The molecule has 0 heterocycles. The lowest BCUT2D eigenvalue weighted by atomic mass is 10.1. The second-order valence-electron chi connectivity index (χ2n) is 4.48. The second kappa shape index (κ2) is 4.62. The van der Waals surface area contributed by atoms with Crippen LogP contribution < -0.4 is 10.6 Å². The second-order valence-corrected chi connectivity index (χ2v) is 4.48. The van der Waals surface area contributed by atoms with Gasteiger partial charge in [-0.05, 0) is 45.0 Å². The molecule has 3 heteroatoms. The van der Waals surface area contributed by atoms with E-state index in [0.717, 1.165) is 18.8 Å². The quantitative estimate of drug-likeness (QED) is 0.826. The molecule has 0 aliphatic carbocycles. The number of nitrogens with zero attached hydrogens (tertiary/aromatic N) is 1. The molecule has 0 atom stereocenters. The highest BCUT2D eigenvalue weighted by Gasteiger charge is 2.15. The van der Waals surface area contributed by atoms with Crippen LogP contribution in [0, 0.1) is 5.82 Å². The first-order valence-electron chi connectivity index (χ1n) is 5.22. The summed E-state index contributed by atoms with van der Waals surface area (Å²) in [5.74, 6) is -0.207. The van der Waals surface area contributed by atoms with E-state index in [4.69, 9.17) is 5.73 Å². The number of rotatable bonds is 4. The summed E-state index contributed by atoms with van der Waals surface area (Å²) in [5.41, 5.74) is 6.73. The van der Waals surface area contributed by atoms with Crippen molar-refractivity contribution in [3.8, 4) is 0 Å². The van der Waals surface area contributed by atoms with Crippen LogP contribution in [0.4, 0.5) is 10.1 Å². The Labute approximate surface area is 90.9 Å². The van der Waals surface area contributed by atoms with E-state index in [0.29, 0.717) is 0 Å². The minimum Gasteiger partial charge on any atom is -0.370 e. The molecule has 0 unspecified atom stereocenters. The monoisotopic (exact) mass is 210 g/mol. The van der Waals surface area contributed by atoms with Gasteiger partial charge in [0.15, 0.2) is 0 Å². The molecule has 1 aromatic carbocycles. The highest BCUT2D eigenvalue weighted by molar-refractivity contribution is 5.46. The first-order valence-corrected chi connectivity index (χ1v) is 5.22. The van der Waals surface area contributed by atoms with Gasteiger partial charge in [0.05, 0.1) is 0 Å². The molecule has 0 saturated carbocycles. The highest BCUT2D eigenvalue weighted by atomic mass is 19.1. The van der Waals surface area contributed by atoms with Crippen molar-refractivity contribution in [1.29, 1.82) is 0 Å². The predicted octanol–water partition coefficient (Wildman–Crippen LogP) is 2.39. The lowest BCUT2D eigenvalue weighted by molar-refractivity contribution is 0.509. The van der Waals surface area contributed by atoms with E-state index in [-0.39, 0.29) is 11.4 Å². The normalized spacial score (nSPS) is 11.5. The Morgan fingerprint density at radius 1 is 1.27 bits per heavy atom. The summed E-state index contributed by atoms with van der Waals surface area (Å²) in [5, 5.41) is 0. The van der Waals surface area contributed by atoms with Gasteiger partial charge in [0.2, 0.25) is 0 Å². The molecule has 0 bridgehead atoms. The molecule has 0 spiro atoms. The Morgan fingerprint density at radius 2 is 1.80 bits per heavy atom. The molecule has 0 aromatic heterocycles. The summed E-state index contributed by atoms with van der Waals surface area (Å²) < 4.78 is 12.7. The Morgan fingerprint density at radius 3 is 2.20 bits per heavy atom. The third-order valence-corrected chi connectivity index (χ3v) is 2.17. The summed E-state index contributed by atoms with van der Waals surface area (Å²) in [4.78, 5) is 2.14. The average molecular weight is 210 g/mol. The number of nitrogens with two attached hydrogens (primary N) is 1. The Balaban J connectivity index is 2.79. The smallest absolute Gasteiger partial charge is 0.123 e. The fourth-order valence-electron chi connectivity index (χ4n) is 1.53. The van der Waals surface area contributed by atoms with Crippen molar-refractivity contribution in [3.63, 3.8) is 0 Å². The van der Waals surface area contributed by atoms with Crippen LogP contribution in [0.1, 0.15) is 20.8 Å². The standard InChI is InChI=1S/C12H19FN2/c1-4-15(9-12(2,3)14)11-7-5-10(13)6-8-11/h5-8H,4,9,14H2,1-3H3. The third-order valence-electron chi connectivity index (χ3n) is 2.17. The van der Waals surface area contributed by atoms with Crippen molar-refractivity contribution in [1.82, 2.24) is 0 Å². The van der Waals surface area contributed by atoms with E-state index >= 15 is 0 Å². The van der Waals surface area contributed by atoms with Crippen LogP contribution >= 0.6 is 0 Å². The molecule has 1 aromatic rings. The van der Waals surface area contributed by atoms with Crippen LogP contribution in [0.2, 0.25) is 0 Å². The topological polar surface area (TPSA) is 29.3 Å². The fourth-order valence-corrected chi connectivity index (χ4v) is 1.53. The Kier molecular flexibility index (Phi) is 3.69. The van der Waals surface area contributed by atoms with Gasteiger partial charge in [0.1, 0.15) is 5.82 Å². The molecular formula is C12H19FN2. The molecule has 0 amide bonds.